The lowest BCUT2D eigenvalue weighted by atomic mass is 9.78. The van der Waals surface area contributed by atoms with Crippen LogP contribution in [0.3, 0.4) is 0 Å². The topological polar surface area (TPSA) is 55.2 Å². The van der Waals surface area contributed by atoms with E-state index in [1.54, 1.807) is 19.4 Å². The molecule has 17 heavy (non-hydrogen) atoms. The summed E-state index contributed by atoms with van der Waals surface area (Å²) in [5.74, 6) is 1.35. The van der Waals surface area contributed by atoms with Crippen LogP contribution in [-0.2, 0) is 16.9 Å². The van der Waals surface area contributed by atoms with Gasteiger partial charge in [0.15, 0.2) is 5.82 Å². The van der Waals surface area contributed by atoms with Gasteiger partial charge in [-0.15, -0.1) is 0 Å². The molecule has 1 aromatic heterocycles. The van der Waals surface area contributed by atoms with E-state index in [2.05, 4.69) is 16.9 Å². The predicted molar refractivity (Wildman–Crippen MR) is 64.3 cm³/mol. The zero-order valence-corrected chi connectivity index (χ0v) is 10.5. The van der Waals surface area contributed by atoms with E-state index in [4.69, 9.17) is 9.84 Å². The van der Waals surface area contributed by atoms with E-state index in [1.165, 1.54) is 6.42 Å². The van der Waals surface area contributed by atoms with Crippen LogP contribution >= 0.6 is 0 Å². The third-order valence-corrected chi connectivity index (χ3v) is 3.63. The monoisotopic (exact) mass is 236 g/mol. The number of aliphatic hydroxyl groups is 1. The molecule has 2 atom stereocenters. The molecule has 1 heterocycles. The molecule has 4 nitrogen and oxygen atoms in total. The zero-order valence-electron chi connectivity index (χ0n) is 10.5. The smallest absolute Gasteiger partial charge is 0.160 e. The van der Waals surface area contributed by atoms with Crippen molar-refractivity contribution in [2.75, 3.05) is 7.11 Å². The molecule has 1 aromatic rings. The van der Waals surface area contributed by atoms with Crippen molar-refractivity contribution < 1.29 is 9.84 Å². The van der Waals surface area contributed by atoms with E-state index in [9.17, 15) is 0 Å². The fourth-order valence-corrected chi connectivity index (χ4v) is 2.69. The lowest BCUT2D eigenvalue weighted by molar-refractivity contribution is -0.0648. The summed E-state index contributed by atoms with van der Waals surface area (Å²) >= 11 is 0. The molecular weight excluding hydrogens is 216 g/mol. The first kappa shape index (κ1) is 12.5. The number of ether oxygens (including phenoxy) is 1. The quantitative estimate of drug-likeness (QED) is 0.872. The van der Waals surface area contributed by atoms with Crippen molar-refractivity contribution in [2.45, 2.75) is 44.8 Å². The van der Waals surface area contributed by atoms with Crippen LogP contribution in [0.15, 0.2) is 12.3 Å². The van der Waals surface area contributed by atoms with E-state index in [0.717, 1.165) is 25.1 Å². The van der Waals surface area contributed by atoms with E-state index in [1.807, 2.05) is 0 Å². The first-order valence-corrected chi connectivity index (χ1v) is 6.18. The van der Waals surface area contributed by atoms with Crippen LogP contribution in [0.25, 0.3) is 0 Å². The molecule has 0 aliphatic heterocycles. The van der Waals surface area contributed by atoms with Gasteiger partial charge in [0.05, 0.1) is 12.3 Å². The second-order valence-corrected chi connectivity index (χ2v) is 4.93. The number of hydrogen-bond donors (Lipinski definition) is 1. The first-order valence-electron chi connectivity index (χ1n) is 6.18. The minimum absolute atomic E-state index is 0.0507. The summed E-state index contributed by atoms with van der Waals surface area (Å²) < 4.78 is 5.73. The molecule has 1 aliphatic rings. The molecule has 0 radical (unpaired) electrons. The van der Waals surface area contributed by atoms with Crippen molar-refractivity contribution in [3.05, 3.63) is 23.8 Å². The number of methoxy groups -OCH3 is 1. The van der Waals surface area contributed by atoms with E-state index >= 15 is 0 Å². The second-order valence-electron chi connectivity index (χ2n) is 4.93. The number of rotatable bonds is 3. The van der Waals surface area contributed by atoms with Gasteiger partial charge in [-0.3, -0.25) is 0 Å². The Hall–Kier alpha value is -1.00. The third-order valence-electron chi connectivity index (χ3n) is 3.63. The summed E-state index contributed by atoms with van der Waals surface area (Å²) in [6, 6.07) is 1.74. The van der Waals surface area contributed by atoms with Gasteiger partial charge < -0.3 is 9.84 Å². The number of nitrogens with zero attached hydrogens (tertiary/aromatic N) is 2. The molecule has 1 N–H and O–H groups in total. The van der Waals surface area contributed by atoms with Crippen LogP contribution in [0.4, 0.5) is 0 Å². The highest BCUT2D eigenvalue weighted by Gasteiger charge is 2.39. The van der Waals surface area contributed by atoms with Gasteiger partial charge in [-0.25, -0.2) is 9.97 Å². The first-order chi connectivity index (χ1) is 8.20. The highest BCUT2D eigenvalue weighted by atomic mass is 16.5. The normalized spacial score (nSPS) is 29.2. The molecule has 0 saturated heterocycles. The van der Waals surface area contributed by atoms with Crippen LogP contribution < -0.4 is 0 Å². The lowest BCUT2D eigenvalue weighted by Crippen LogP contribution is -2.36. The van der Waals surface area contributed by atoms with Crippen LogP contribution in [0.2, 0.25) is 0 Å². The minimum Gasteiger partial charge on any atom is -0.390 e. The molecule has 0 aromatic carbocycles. The summed E-state index contributed by atoms with van der Waals surface area (Å²) in [4.78, 5) is 8.75. The van der Waals surface area contributed by atoms with Crippen molar-refractivity contribution in [1.29, 1.82) is 0 Å². The number of aliphatic hydroxyl groups excluding tert-OH is 1. The zero-order chi connectivity index (χ0) is 12.3. The summed E-state index contributed by atoms with van der Waals surface area (Å²) in [7, 11) is 1.73. The highest BCUT2D eigenvalue weighted by molar-refractivity contribution is 5.09. The number of aromatic nitrogens is 2. The Morgan fingerprint density at radius 3 is 3.06 bits per heavy atom. The van der Waals surface area contributed by atoms with Crippen molar-refractivity contribution in [1.82, 2.24) is 9.97 Å². The predicted octanol–water partition coefficient (Wildman–Crippen LogP) is 2.02. The largest absolute Gasteiger partial charge is 0.390 e. The summed E-state index contributed by atoms with van der Waals surface area (Å²) in [5.41, 5.74) is 0.299. The summed E-state index contributed by atoms with van der Waals surface area (Å²) in [6.45, 7) is 2.19. The minimum atomic E-state index is -0.358. The SMILES string of the molecule is COC1(c2nccc(CO)n2)CCCC(C)C1. The summed E-state index contributed by atoms with van der Waals surface area (Å²) in [5, 5.41) is 9.14. The fraction of sp³-hybridized carbons (Fsp3) is 0.692. The fourth-order valence-electron chi connectivity index (χ4n) is 2.69. The lowest BCUT2D eigenvalue weighted by Gasteiger charge is -2.37. The summed E-state index contributed by atoms with van der Waals surface area (Å²) in [6.07, 6.45) is 6.00. The van der Waals surface area contributed by atoms with Gasteiger partial charge in [0, 0.05) is 13.3 Å². The molecule has 2 unspecified atom stereocenters. The van der Waals surface area contributed by atoms with Crippen molar-refractivity contribution in [3.8, 4) is 0 Å². The van der Waals surface area contributed by atoms with E-state index in [0.29, 0.717) is 11.6 Å². The highest BCUT2D eigenvalue weighted by Crippen LogP contribution is 2.40. The van der Waals surface area contributed by atoms with Gasteiger partial charge in [0.1, 0.15) is 5.60 Å². The van der Waals surface area contributed by atoms with Gasteiger partial charge in [-0.1, -0.05) is 13.3 Å². The maximum Gasteiger partial charge on any atom is 0.160 e. The Morgan fingerprint density at radius 1 is 1.59 bits per heavy atom. The van der Waals surface area contributed by atoms with Crippen LogP contribution in [-0.4, -0.2) is 22.2 Å². The average Bonchev–Trinajstić information content (AvgIpc) is 2.38. The number of hydrogen-bond acceptors (Lipinski definition) is 4. The Balaban J connectivity index is 2.32. The molecule has 2 rings (SSSR count). The van der Waals surface area contributed by atoms with Gasteiger partial charge in [-0.2, -0.15) is 0 Å². The van der Waals surface area contributed by atoms with E-state index in [-0.39, 0.29) is 12.2 Å². The van der Waals surface area contributed by atoms with Crippen LogP contribution in [0, 0.1) is 5.92 Å². The van der Waals surface area contributed by atoms with Crippen LogP contribution in [0.1, 0.15) is 44.1 Å². The molecule has 94 valence electrons. The molecule has 0 amide bonds. The molecule has 0 bridgehead atoms. The third kappa shape index (κ3) is 2.48. The molecular formula is C13H20N2O2. The van der Waals surface area contributed by atoms with Crippen molar-refractivity contribution in [2.24, 2.45) is 5.92 Å². The Labute approximate surface area is 102 Å². The van der Waals surface area contributed by atoms with Gasteiger partial charge in [-0.05, 0) is 31.2 Å². The Bertz CT molecular complexity index is 383. The maximum atomic E-state index is 9.14. The average molecular weight is 236 g/mol. The molecule has 1 saturated carbocycles. The van der Waals surface area contributed by atoms with Crippen LogP contribution in [0.5, 0.6) is 0 Å². The van der Waals surface area contributed by atoms with Crippen molar-refractivity contribution >= 4 is 0 Å². The maximum absolute atomic E-state index is 9.14. The standard InChI is InChI=1S/C13H20N2O2/c1-10-4-3-6-13(8-10,17-2)12-14-7-5-11(9-16)15-12/h5,7,10,16H,3-4,6,8-9H2,1-2H3. The molecule has 0 spiro atoms. The van der Waals surface area contributed by atoms with Gasteiger partial charge >= 0.3 is 0 Å². The Kier molecular flexibility index (Phi) is 3.74. The Morgan fingerprint density at radius 2 is 2.41 bits per heavy atom. The van der Waals surface area contributed by atoms with Crippen molar-refractivity contribution in [3.63, 3.8) is 0 Å². The van der Waals surface area contributed by atoms with E-state index < -0.39 is 0 Å². The molecule has 1 aliphatic carbocycles. The second kappa shape index (κ2) is 5.10. The molecule has 1 fully saturated rings. The van der Waals surface area contributed by atoms with Gasteiger partial charge in [0.2, 0.25) is 0 Å². The van der Waals surface area contributed by atoms with Gasteiger partial charge in [0.25, 0.3) is 0 Å². The molecule has 4 heteroatoms.